The topological polar surface area (TPSA) is 94.8 Å². The van der Waals surface area contributed by atoms with Crippen molar-refractivity contribution in [1.29, 1.82) is 0 Å². The Morgan fingerprint density at radius 2 is 1.92 bits per heavy atom. The maximum absolute atomic E-state index is 8.74. The average molecular weight is 196 g/mol. The third-order valence-corrected chi connectivity index (χ3v) is 1.35. The predicted octanol–water partition coefficient (Wildman–Crippen LogP) is 0.292. The summed E-state index contributed by atoms with van der Waals surface area (Å²) in [6.07, 6.45) is 6.52. The van der Waals surface area contributed by atoms with Gasteiger partial charge in [0, 0.05) is 12.5 Å². The summed E-state index contributed by atoms with van der Waals surface area (Å²) in [7, 11) is -4.67. The molecule has 0 saturated carbocycles. The molecular formula is C6H12O5S. The van der Waals surface area contributed by atoms with Crippen molar-refractivity contribution in [2.75, 3.05) is 6.61 Å². The number of hydrogen-bond donors (Lipinski definition) is 3. The molecule has 0 aromatic rings. The first kappa shape index (κ1) is 11.6. The summed E-state index contributed by atoms with van der Waals surface area (Å²) in [5.41, 5.74) is 0. The normalized spacial score (nSPS) is 21.8. The molecule has 5 nitrogen and oxygen atoms in total. The van der Waals surface area contributed by atoms with Crippen LogP contribution in [0.2, 0.25) is 0 Å². The second kappa shape index (κ2) is 5.26. The molecule has 1 aliphatic rings. The molecule has 0 radical (unpaired) electrons. The summed E-state index contributed by atoms with van der Waals surface area (Å²) in [6.45, 7) is 0.330. The predicted molar refractivity (Wildman–Crippen MR) is 43.1 cm³/mol. The van der Waals surface area contributed by atoms with E-state index in [9.17, 15) is 0 Å². The minimum Gasteiger partial charge on any atom is -0.396 e. The lowest BCUT2D eigenvalue weighted by Crippen LogP contribution is -1.96. The van der Waals surface area contributed by atoms with Gasteiger partial charge in [-0.2, -0.15) is 8.42 Å². The van der Waals surface area contributed by atoms with Crippen molar-refractivity contribution in [2.45, 2.75) is 12.8 Å². The molecule has 12 heavy (non-hydrogen) atoms. The first-order valence-corrected chi connectivity index (χ1v) is 4.80. The van der Waals surface area contributed by atoms with Crippen LogP contribution in [-0.4, -0.2) is 29.2 Å². The smallest absolute Gasteiger partial charge is 0.394 e. The maximum atomic E-state index is 8.74. The van der Waals surface area contributed by atoms with Crippen LogP contribution in [0, 0.1) is 5.92 Å². The fourth-order valence-corrected chi connectivity index (χ4v) is 0.847. The summed E-state index contributed by atoms with van der Waals surface area (Å²) in [5, 5.41) is 8.51. The number of aliphatic hydroxyl groups excluding tert-OH is 1. The van der Waals surface area contributed by atoms with Gasteiger partial charge in [-0.15, -0.1) is 0 Å². The fraction of sp³-hybridized carbons (Fsp3) is 0.667. The van der Waals surface area contributed by atoms with Gasteiger partial charge in [-0.1, -0.05) is 12.2 Å². The van der Waals surface area contributed by atoms with E-state index in [0.29, 0.717) is 12.5 Å². The van der Waals surface area contributed by atoms with E-state index in [2.05, 4.69) is 12.2 Å². The number of allylic oxidation sites excluding steroid dienone is 1. The van der Waals surface area contributed by atoms with Gasteiger partial charge in [0.2, 0.25) is 0 Å². The Bertz CT molecular complexity index is 222. The number of aliphatic hydroxyl groups is 1. The van der Waals surface area contributed by atoms with E-state index in [0.717, 1.165) is 12.8 Å². The second-order valence-corrected chi connectivity index (χ2v) is 3.29. The third kappa shape index (κ3) is 9.57. The zero-order valence-corrected chi connectivity index (χ0v) is 7.24. The largest absolute Gasteiger partial charge is 0.396 e. The molecule has 0 fully saturated rings. The summed E-state index contributed by atoms with van der Waals surface area (Å²) >= 11 is 0. The van der Waals surface area contributed by atoms with Crippen molar-refractivity contribution < 1.29 is 22.6 Å². The van der Waals surface area contributed by atoms with Crippen LogP contribution < -0.4 is 0 Å². The van der Waals surface area contributed by atoms with E-state index in [4.69, 9.17) is 22.6 Å². The highest BCUT2D eigenvalue weighted by Crippen LogP contribution is 2.14. The Hall–Kier alpha value is -0.430. The lowest BCUT2D eigenvalue weighted by atomic mass is 10.1. The van der Waals surface area contributed by atoms with Crippen LogP contribution in [0.5, 0.6) is 0 Å². The quantitative estimate of drug-likeness (QED) is 0.414. The molecule has 0 aromatic carbocycles. The van der Waals surface area contributed by atoms with Crippen molar-refractivity contribution in [3.8, 4) is 0 Å². The van der Waals surface area contributed by atoms with Crippen molar-refractivity contribution in [1.82, 2.24) is 0 Å². The average Bonchev–Trinajstić information content (AvgIpc) is 2.33. The first-order chi connectivity index (χ1) is 5.43. The molecule has 0 saturated heterocycles. The second-order valence-electron chi connectivity index (χ2n) is 2.40. The molecule has 0 spiro atoms. The molecule has 0 aliphatic heterocycles. The van der Waals surface area contributed by atoms with E-state index in [1.54, 1.807) is 0 Å². The molecule has 6 heteroatoms. The van der Waals surface area contributed by atoms with Gasteiger partial charge in [0.1, 0.15) is 0 Å². The van der Waals surface area contributed by atoms with E-state index in [1.807, 2.05) is 0 Å². The zero-order chi connectivity index (χ0) is 9.61. The van der Waals surface area contributed by atoms with Crippen LogP contribution in [0.1, 0.15) is 12.8 Å². The molecule has 72 valence electrons. The third-order valence-electron chi connectivity index (χ3n) is 1.35. The molecule has 0 heterocycles. The molecule has 0 bridgehead atoms. The molecule has 1 atom stereocenters. The summed E-state index contributed by atoms with van der Waals surface area (Å²) in [5.74, 6) is 0.472. The molecule has 1 unspecified atom stereocenters. The fourth-order valence-electron chi connectivity index (χ4n) is 0.847. The van der Waals surface area contributed by atoms with Gasteiger partial charge in [0.25, 0.3) is 0 Å². The van der Waals surface area contributed by atoms with E-state index < -0.39 is 10.4 Å². The highest BCUT2D eigenvalue weighted by molar-refractivity contribution is 7.79. The van der Waals surface area contributed by atoms with Crippen LogP contribution in [-0.2, 0) is 10.4 Å². The van der Waals surface area contributed by atoms with Gasteiger partial charge in [-0.05, 0) is 12.8 Å². The minimum atomic E-state index is -4.67. The zero-order valence-electron chi connectivity index (χ0n) is 6.42. The number of hydrogen-bond acceptors (Lipinski definition) is 3. The first-order valence-electron chi connectivity index (χ1n) is 3.41. The minimum absolute atomic E-state index is 0.330. The summed E-state index contributed by atoms with van der Waals surface area (Å²) < 4.78 is 31.6. The van der Waals surface area contributed by atoms with Gasteiger partial charge in [-0.25, -0.2) is 0 Å². The highest BCUT2D eigenvalue weighted by Gasteiger charge is 2.05. The Morgan fingerprint density at radius 1 is 1.42 bits per heavy atom. The molecule has 0 amide bonds. The molecule has 3 N–H and O–H groups in total. The van der Waals surface area contributed by atoms with Crippen molar-refractivity contribution in [3.05, 3.63) is 12.2 Å². The van der Waals surface area contributed by atoms with Crippen LogP contribution in [0.25, 0.3) is 0 Å². The van der Waals surface area contributed by atoms with Crippen LogP contribution in [0.4, 0.5) is 0 Å². The Labute approximate surface area is 71.3 Å². The molecule has 1 aliphatic carbocycles. The molecule has 1 rings (SSSR count). The van der Waals surface area contributed by atoms with Crippen molar-refractivity contribution in [3.63, 3.8) is 0 Å². The van der Waals surface area contributed by atoms with E-state index >= 15 is 0 Å². The van der Waals surface area contributed by atoms with Crippen LogP contribution >= 0.6 is 0 Å². The van der Waals surface area contributed by atoms with Gasteiger partial charge in [0.05, 0.1) is 0 Å². The highest BCUT2D eigenvalue weighted by atomic mass is 32.3. The molecule has 0 aromatic heterocycles. The monoisotopic (exact) mass is 196 g/mol. The Morgan fingerprint density at radius 3 is 2.08 bits per heavy atom. The van der Waals surface area contributed by atoms with Crippen molar-refractivity contribution in [2.24, 2.45) is 5.92 Å². The maximum Gasteiger partial charge on any atom is 0.394 e. The van der Waals surface area contributed by atoms with Crippen LogP contribution in [0.3, 0.4) is 0 Å². The van der Waals surface area contributed by atoms with Gasteiger partial charge in [0.15, 0.2) is 0 Å². The Balaban J connectivity index is 0.000000217. The Kier molecular flexibility index (Phi) is 5.07. The van der Waals surface area contributed by atoms with Gasteiger partial charge >= 0.3 is 10.4 Å². The summed E-state index contributed by atoms with van der Waals surface area (Å²) in [4.78, 5) is 0. The van der Waals surface area contributed by atoms with Crippen molar-refractivity contribution >= 4 is 10.4 Å². The standard InChI is InChI=1S/C6H10O.H2O4S/c7-5-6-3-1-2-4-6;1-5(2,3)4/h1,3,6-7H,2,4-5H2;(H2,1,2,3,4). The molecular weight excluding hydrogens is 184 g/mol. The van der Waals surface area contributed by atoms with Gasteiger partial charge in [-0.3, -0.25) is 9.11 Å². The SMILES string of the molecule is O=S(=O)(O)O.OCC1C=CCC1. The lowest BCUT2D eigenvalue weighted by molar-refractivity contribution is 0.251. The van der Waals surface area contributed by atoms with E-state index in [-0.39, 0.29) is 0 Å². The number of rotatable bonds is 1. The van der Waals surface area contributed by atoms with E-state index in [1.165, 1.54) is 0 Å². The summed E-state index contributed by atoms with van der Waals surface area (Å²) in [6, 6.07) is 0. The van der Waals surface area contributed by atoms with Crippen LogP contribution in [0.15, 0.2) is 12.2 Å². The van der Waals surface area contributed by atoms with Gasteiger partial charge < -0.3 is 5.11 Å². The lowest BCUT2D eigenvalue weighted by Gasteiger charge is -1.97.